The molecular weight excluding hydrogens is 254 g/mol. The van der Waals surface area contributed by atoms with Gasteiger partial charge in [-0.05, 0) is 49.4 Å². The lowest BCUT2D eigenvalue weighted by atomic mass is 9.94. The molecule has 3 heterocycles. The summed E-state index contributed by atoms with van der Waals surface area (Å²) in [6, 6.07) is 4.27. The number of likely N-dealkylation sites (tertiary alicyclic amines) is 1. The van der Waals surface area contributed by atoms with Gasteiger partial charge in [-0.15, -0.1) is 11.3 Å². The predicted octanol–water partition coefficient (Wildman–Crippen LogP) is 3.23. The zero-order chi connectivity index (χ0) is 13.1. The van der Waals surface area contributed by atoms with E-state index in [1.807, 2.05) is 17.5 Å². The second-order valence-corrected chi connectivity index (χ2v) is 6.24. The van der Waals surface area contributed by atoms with Gasteiger partial charge in [-0.25, -0.2) is 9.97 Å². The van der Waals surface area contributed by atoms with Crippen molar-refractivity contribution >= 4 is 11.3 Å². The highest BCUT2D eigenvalue weighted by Gasteiger charge is 2.22. The van der Waals surface area contributed by atoms with E-state index in [0.29, 0.717) is 5.92 Å². The van der Waals surface area contributed by atoms with E-state index < -0.39 is 0 Å². The summed E-state index contributed by atoms with van der Waals surface area (Å²) in [6.07, 6.45) is 6.03. The van der Waals surface area contributed by atoms with Crippen LogP contribution in [0.15, 0.2) is 30.0 Å². The van der Waals surface area contributed by atoms with E-state index in [1.165, 1.54) is 35.5 Å². The van der Waals surface area contributed by atoms with Gasteiger partial charge >= 0.3 is 0 Å². The zero-order valence-electron chi connectivity index (χ0n) is 11.2. The highest BCUT2D eigenvalue weighted by atomic mass is 32.1. The van der Waals surface area contributed by atoms with Crippen molar-refractivity contribution in [3.63, 3.8) is 0 Å². The number of thiophene rings is 1. The van der Waals surface area contributed by atoms with Gasteiger partial charge in [0.25, 0.3) is 0 Å². The number of rotatable bonds is 3. The lowest BCUT2D eigenvalue weighted by molar-refractivity contribution is 0.199. The smallest absolute Gasteiger partial charge is 0.115 e. The molecule has 1 atom stereocenters. The third kappa shape index (κ3) is 3.01. The van der Waals surface area contributed by atoms with Crippen molar-refractivity contribution in [3.8, 4) is 0 Å². The Labute approximate surface area is 118 Å². The lowest BCUT2D eigenvalue weighted by Gasteiger charge is -2.32. The largest absolute Gasteiger partial charge is 0.298 e. The minimum atomic E-state index is 0.567. The van der Waals surface area contributed by atoms with Crippen LogP contribution in [0.2, 0.25) is 0 Å². The monoisotopic (exact) mass is 273 g/mol. The SMILES string of the molecule is Cc1ccsc1CN1CCC[C@@H](c2ccncn2)C1. The Morgan fingerprint density at radius 1 is 1.42 bits per heavy atom. The van der Waals surface area contributed by atoms with Crippen molar-refractivity contribution in [1.29, 1.82) is 0 Å². The Kier molecular flexibility index (Phi) is 3.89. The molecule has 3 rings (SSSR count). The van der Waals surface area contributed by atoms with Crippen molar-refractivity contribution in [1.82, 2.24) is 14.9 Å². The first kappa shape index (κ1) is 12.8. The Morgan fingerprint density at radius 3 is 3.11 bits per heavy atom. The van der Waals surface area contributed by atoms with Gasteiger partial charge in [0.15, 0.2) is 0 Å². The van der Waals surface area contributed by atoms with Gasteiger partial charge < -0.3 is 0 Å². The van der Waals surface area contributed by atoms with Crippen LogP contribution in [0.3, 0.4) is 0 Å². The molecule has 2 aromatic rings. The third-order valence-corrected chi connectivity index (χ3v) is 4.87. The molecule has 0 aromatic carbocycles. The average Bonchev–Trinajstić information content (AvgIpc) is 2.86. The fourth-order valence-electron chi connectivity index (χ4n) is 2.75. The van der Waals surface area contributed by atoms with Gasteiger partial charge in [-0.2, -0.15) is 0 Å². The fraction of sp³-hybridized carbons (Fsp3) is 0.467. The Bertz CT molecular complexity index is 523. The normalized spacial score (nSPS) is 20.6. The molecule has 0 N–H and O–H groups in total. The number of aromatic nitrogens is 2. The van der Waals surface area contributed by atoms with E-state index in [4.69, 9.17) is 0 Å². The zero-order valence-corrected chi connectivity index (χ0v) is 12.1. The molecule has 0 amide bonds. The lowest BCUT2D eigenvalue weighted by Crippen LogP contribution is -2.34. The van der Waals surface area contributed by atoms with Crippen molar-refractivity contribution in [2.45, 2.75) is 32.2 Å². The highest BCUT2D eigenvalue weighted by Crippen LogP contribution is 2.27. The molecule has 100 valence electrons. The molecule has 0 bridgehead atoms. The number of nitrogens with zero attached hydrogens (tertiary/aromatic N) is 3. The Morgan fingerprint density at radius 2 is 2.37 bits per heavy atom. The maximum absolute atomic E-state index is 4.42. The van der Waals surface area contributed by atoms with Crippen LogP contribution in [0, 0.1) is 6.92 Å². The van der Waals surface area contributed by atoms with Gasteiger partial charge in [0.05, 0.1) is 0 Å². The first-order valence-corrected chi connectivity index (χ1v) is 7.72. The average molecular weight is 273 g/mol. The second-order valence-electron chi connectivity index (χ2n) is 5.24. The molecule has 1 saturated heterocycles. The summed E-state index contributed by atoms with van der Waals surface area (Å²) in [7, 11) is 0. The third-order valence-electron chi connectivity index (χ3n) is 3.86. The number of hydrogen-bond donors (Lipinski definition) is 0. The van der Waals surface area contributed by atoms with Crippen LogP contribution in [0.25, 0.3) is 0 Å². The summed E-state index contributed by atoms with van der Waals surface area (Å²) in [5.74, 6) is 0.567. The van der Waals surface area contributed by atoms with Crippen molar-refractivity contribution < 1.29 is 0 Å². The molecule has 0 unspecified atom stereocenters. The van der Waals surface area contributed by atoms with Gasteiger partial charge in [0, 0.05) is 35.8 Å². The van der Waals surface area contributed by atoms with Crippen molar-refractivity contribution in [3.05, 3.63) is 46.2 Å². The molecule has 19 heavy (non-hydrogen) atoms. The molecule has 0 spiro atoms. The van der Waals surface area contributed by atoms with Crippen LogP contribution < -0.4 is 0 Å². The van der Waals surface area contributed by atoms with E-state index in [0.717, 1.165) is 13.1 Å². The summed E-state index contributed by atoms with van der Waals surface area (Å²) in [5.41, 5.74) is 2.62. The van der Waals surface area contributed by atoms with Crippen LogP contribution >= 0.6 is 11.3 Å². The quantitative estimate of drug-likeness (QED) is 0.859. The maximum Gasteiger partial charge on any atom is 0.115 e. The highest BCUT2D eigenvalue weighted by molar-refractivity contribution is 7.10. The standard InChI is InChI=1S/C15H19N3S/c1-12-5-8-19-15(12)10-18-7-2-3-13(9-18)14-4-6-16-11-17-14/h4-6,8,11,13H,2-3,7,9-10H2,1H3/t13-/m1/s1. The van der Waals surface area contributed by atoms with Crippen LogP contribution in [0.1, 0.15) is 34.9 Å². The van der Waals surface area contributed by atoms with Gasteiger partial charge in [0.2, 0.25) is 0 Å². The summed E-state index contributed by atoms with van der Waals surface area (Å²) in [4.78, 5) is 12.5. The molecule has 0 saturated carbocycles. The van der Waals surface area contributed by atoms with Gasteiger partial charge in [-0.1, -0.05) is 0 Å². The second kappa shape index (κ2) is 5.80. The maximum atomic E-state index is 4.42. The molecule has 0 radical (unpaired) electrons. The first-order chi connectivity index (χ1) is 9.33. The van der Waals surface area contributed by atoms with Gasteiger partial charge in [-0.3, -0.25) is 4.90 Å². The molecule has 1 aliphatic rings. The Balaban J connectivity index is 1.67. The number of aryl methyl sites for hydroxylation is 1. The number of piperidine rings is 1. The van der Waals surface area contributed by atoms with Crippen molar-refractivity contribution in [2.24, 2.45) is 0 Å². The molecule has 2 aromatic heterocycles. The summed E-state index contributed by atoms with van der Waals surface area (Å²) in [6.45, 7) is 5.62. The summed E-state index contributed by atoms with van der Waals surface area (Å²) >= 11 is 1.87. The van der Waals surface area contributed by atoms with E-state index in [9.17, 15) is 0 Å². The Hall–Kier alpha value is -1.26. The molecule has 0 aliphatic carbocycles. The molecule has 1 aliphatic heterocycles. The topological polar surface area (TPSA) is 29.0 Å². The van der Waals surface area contributed by atoms with Crippen LogP contribution in [-0.2, 0) is 6.54 Å². The molecule has 4 heteroatoms. The van der Waals surface area contributed by atoms with Crippen LogP contribution in [0.5, 0.6) is 0 Å². The van der Waals surface area contributed by atoms with Crippen molar-refractivity contribution in [2.75, 3.05) is 13.1 Å². The fourth-order valence-corrected chi connectivity index (χ4v) is 3.70. The summed E-state index contributed by atoms with van der Waals surface area (Å²) in [5, 5.41) is 2.19. The van der Waals surface area contributed by atoms with E-state index in [2.05, 4.69) is 39.3 Å². The minimum Gasteiger partial charge on any atom is -0.298 e. The van der Waals surface area contributed by atoms with Gasteiger partial charge in [0.1, 0.15) is 6.33 Å². The minimum absolute atomic E-state index is 0.567. The molecular formula is C15H19N3S. The predicted molar refractivity (Wildman–Crippen MR) is 78.3 cm³/mol. The first-order valence-electron chi connectivity index (χ1n) is 6.84. The van der Waals surface area contributed by atoms with E-state index in [-0.39, 0.29) is 0 Å². The van der Waals surface area contributed by atoms with E-state index in [1.54, 1.807) is 6.33 Å². The number of hydrogen-bond acceptors (Lipinski definition) is 4. The van der Waals surface area contributed by atoms with Crippen LogP contribution in [-0.4, -0.2) is 28.0 Å². The molecule has 1 fully saturated rings. The van der Waals surface area contributed by atoms with E-state index >= 15 is 0 Å². The summed E-state index contributed by atoms with van der Waals surface area (Å²) < 4.78 is 0. The molecule has 3 nitrogen and oxygen atoms in total. The van der Waals surface area contributed by atoms with Crippen LogP contribution in [0.4, 0.5) is 0 Å².